The first kappa shape index (κ1) is 14.4. The molecule has 0 saturated heterocycles. The molecule has 0 aliphatic rings. The van der Waals surface area contributed by atoms with Crippen molar-refractivity contribution in [3.05, 3.63) is 66.4 Å². The Morgan fingerprint density at radius 3 is 2.64 bits per heavy atom. The first-order valence-electron chi connectivity index (χ1n) is 7.21. The lowest BCUT2D eigenvalue weighted by molar-refractivity contribution is 0.590. The lowest BCUT2D eigenvalue weighted by Gasteiger charge is -2.21. The Labute approximate surface area is 129 Å². The topological polar surface area (TPSA) is 30.7 Å². The van der Waals surface area contributed by atoms with Crippen molar-refractivity contribution in [2.75, 3.05) is 0 Å². The highest BCUT2D eigenvalue weighted by molar-refractivity contribution is 5.64. The fourth-order valence-electron chi connectivity index (χ4n) is 2.48. The van der Waals surface area contributed by atoms with Crippen molar-refractivity contribution in [1.29, 1.82) is 0 Å². The Hall–Kier alpha value is -2.49. The van der Waals surface area contributed by atoms with E-state index in [9.17, 15) is 4.39 Å². The van der Waals surface area contributed by atoms with Crippen molar-refractivity contribution >= 4 is 0 Å². The molecule has 0 unspecified atom stereocenters. The van der Waals surface area contributed by atoms with Crippen molar-refractivity contribution in [2.45, 2.75) is 26.2 Å². The van der Waals surface area contributed by atoms with E-state index in [1.807, 2.05) is 30.6 Å². The highest BCUT2D eigenvalue weighted by Gasteiger charge is 2.19. The van der Waals surface area contributed by atoms with Gasteiger partial charge in [0.15, 0.2) is 0 Å². The van der Waals surface area contributed by atoms with Gasteiger partial charge in [-0.3, -0.25) is 4.98 Å². The van der Waals surface area contributed by atoms with Gasteiger partial charge in [0.05, 0.1) is 11.4 Å². The molecule has 0 atom stereocenters. The zero-order chi connectivity index (χ0) is 15.7. The second-order valence-electron chi connectivity index (χ2n) is 6.30. The van der Waals surface area contributed by atoms with Crippen LogP contribution in [-0.4, -0.2) is 14.8 Å². The van der Waals surface area contributed by atoms with Crippen LogP contribution in [0.1, 0.15) is 26.3 Å². The number of rotatable bonds is 2. The van der Waals surface area contributed by atoms with Crippen LogP contribution in [0, 0.1) is 5.82 Å². The smallest absolute Gasteiger partial charge is 0.125 e. The third-order valence-electron chi connectivity index (χ3n) is 3.57. The molecule has 0 amide bonds. The largest absolute Gasteiger partial charge is 0.264 e. The summed E-state index contributed by atoms with van der Waals surface area (Å²) in [7, 11) is 0. The van der Waals surface area contributed by atoms with Crippen LogP contribution in [0.5, 0.6) is 0 Å². The molecule has 3 aromatic rings. The molecule has 112 valence electrons. The average molecular weight is 295 g/mol. The minimum atomic E-state index is -0.272. The van der Waals surface area contributed by atoms with Crippen molar-refractivity contribution < 1.29 is 4.39 Å². The van der Waals surface area contributed by atoms with Crippen LogP contribution in [0.25, 0.3) is 16.9 Å². The van der Waals surface area contributed by atoms with Gasteiger partial charge >= 0.3 is 0 Å². The van der Waals surface area contributed by atoms with E-state index in [0.29, 0.717) is 5.69 Å². The second kappa shape index (κ2) is 5.37. The Balaban J connectivity index is 2.06. The number of halogens is 1. The summed E-state index contributed by atoms with van der Waals surface area (Å²) < 4.78 is 15.0. The maximum absolute atomic E-state index is 13.4. The molecule has 4 heteroatoms. The molecule has 0 fully saturated rings. The summed E-state index contributed by atoms with van der Waals surface area (Å²) in [5, 5.41) is 4.58. The average Bonchev–Trinajstić information content (AvgIpc) is 2.96. The molecule has 0 aliphatic carbocycles. The van der Waals surface area contributed by atoms with Gasteiger partial charge in [0.25, 0.3) is 0 Å². The Morgan fingerprint density at radius 2 is 1.91 bits per heavy atom. The highest BCUT2D eigenvalue weighted by Crippen LogP contribution is 2.31. The molecule has 0 aliphatic heterocycles. The van der Waals surface area contributed by atoms with E-state index in [4.69, 9.17) is 0 Å². The Bertz CT molecular complexity index is 800. The van der Waals surface area contributed by atoms with E-state index in [-0.39, 0.29) is 11.2 Å². The summed E-state index contributed by atoms with van der Waals surface area (Å²) in [6.07, 6.45) is 5.47. The van der Waals surface area contributed by atoms with Crippen LogP contribution >= 0.6 is 0 Å². The molecule has 0 spiro atoms. The fraction of sp³-hybridized carbons (Fsp3) is 0.222. The molecular formula is C18H18FN3. The highest BCUT2D eigenvalue weighted by atomic mass is 19.1. The van der Waals surface area contributed by atoms with Gasteiger partial charge < -0.3 is 0 Å². The zero-order valence-electron chi connectivity index (χ0n) is 12.9. The summed E-state index contributed by atoms with van der Waals surface area (Å²) >= 11 is 0. The summed E-state index contributed by atoms with van der Waals surface area (Å²) in [6.45, 7) is 6.49. The van der Waals surface area contributed by atoms with Crippen molar-refractivity contribution in [3.8, 4) is 16.9 Å². The van der Waals surface area contributed by atoms with Gasteiger partial charge in [0, 0.05) is 24.2 Å². The molecule has 0 bridgehead atoms. The first-order chi connectivity index (χ1) is 10.4. The molecule has 2 aromatic heterocycles. The van der Waals surface area contributed by atoms with Gasteiger partial charge in [-0.2, -0.15) is 5.10 Å². The van der Waals surface area contributed by atoms with Gasteiger partial charge in [-0.1, -0.05) is 26.8 Å². The van der Waals surface area contributed by atoms with Gasteiger partial charge in [-0.25, -0.2) is 9.07 Å². The summed E-state index contributed by atoms with van der Waals surface area (Å²) in [5.74, 6) is -0.272. The van der Waals surface area contributed by atoms with E-state index in [2.05, 4.69) is 30.9 Å². The molecule has 0 radical (unpaired) electrons. The van der Waals surface area contributed by atoms with E-state index in [0.717, 1.165) is 11.3 Å². The summed E-state index contributed by atoms with van der Waals surface area (Å²) in [5.41, 5.74) is 3.73. The van der Waals surface area contributed by atoms with Crippen molar-refractivity contribution in [3.63, 3.8) is 0 Å². The molecule has 1 aromatic carbocycles. The molecule has 3 rings (SSSR count). The Morgan fingerprint density at radius 1 is 1.09 bits per heavy atom. The van der Waals surface area contributed by atoms with Crippen LogP contribution in [-0.2, 0) is 5.41 Å². The van der Waals surface area contributed by atoms with Crippen LogP contribution in [0.15, 0.2) is 55.0 Å². The van der Waals surface area contributed by atoms with Gasteiger partial charge in [-0.05, 0) is 41.3 Å². The summed E-state index contributed by atoms with van der Waals surface area (Å²) in [4.78, 5) is 4.22. The minimum Gasteiger partial charge on any atom is -0.264 e. The second-order valence-corrected chi connectivity index (χ2v) is 6.30. The molecule has 0 saturated carbocycles. The molecule has 22 heavy (non-hydrogen) atoms. The van der Waals surface area contributed by atoms with Crippen LogP contribution < -0.4 is 0 Å². The number of hydrogen-bond donors (Lipinski definition) is 0. The third-order valence-corrected chi connectivity index (χ3v) is 3.57. The number of hydrogen-bond acceptors (Lipinski definition) is 2. The maximum Gasteiger partial charge on any atom is 0.125 e. The molecule has 3 nitrogen and oxygen atoms in total. The van der Waals surface area contributed by atoms with Crippen LogP contribution in [0.2, 0.25) is 0 Å². The van der Waals surface area contributed by atoms with Crippen LogP contribution in [0.4, 0.5) is 4.39 Å². The van der Waals surface area contributed by atoms with E-state index in [1.165, 1.54) is 17.7 Å². The lowest BCUT2D eigenvalue weighted by Crippen LogP contribution is -2.13. The fourth-order valence-corrected chi connectivity index (χ4v) is 2.48. The molecule has 0 N–H and O–H groups in total. The summed E-state index contributed by atoms with van der Waals surface area (Å²) in [6, 6.07) is 10.3. The zero-order valence-corrected chi connectivity index (χ0v) is 12.9. The number of benzene rings is 1. The van der Waals surface area contributed by atoms with E-state index >= 15 is 0 Å². The van der Waals surface area contributed by atoms with Gasteiger partial charge in [0.1, 0.15) is 5.82 Å². The first-order valence-corrected chi connectivity index (χ1v) is 7.21. The number of nitrogens with zero attached hydrogens (tertiary/aromatic N) is 3. The van der Waals surface area contributed by atoms with Gasteiger partial charge in [-0.15, -0.1) is 0 Å². The van der Waals surface area contributed by atoms with Crippen molar-refractivity contribution in [2.24, 2.45) is 0 Å². The van der Waals surface area contributed by atoms with Crippen LogP contribution in [0.3, 0.4) is 0 Å². The quantitative estimate of drug-likeness (QED) is 0.703. The van der Waals surface area contributed by atoms with Crippen molar-refractivity contribution in [1.82, 2.24) is 14.8 Å². The predicted molar refractivity (Wildman–Crippen MR) is 85.5 cm³/mol. The maximum atomic E-state index is 13.4. The lowest BCUT2D eigenvalue weighted by atomic mass is 9.84. The standard InChI is InChI=1S/C18H18FN3/c1-18(2,3)16-7-9-20-12-15(16)17-8-10-22(21-17)14-6-4-5-13(19)11-14/h4-12H,1-3H3. The monoisotopic (exact) mass is 295 g/mol. The number of aromatic nitrogens is 3. The minimum absolute atomic E-state index is 0.000901. The third kappa shape index (κ3) is 2.77. The predicted octanol–water partition coefficient (Wildman–Crippen LogP) is 4.37. The Kier molecular flexibility index (Phi) is 3.53. The van der Waals surface area contributed by atoms with Gasteiger partial charge in [0.2, 0.25) is 0 Å². The van der Waals surface area contributed by atoms with E-state index < -0.39 is 0 Å². The van der Waals surface area contributed by atoms with E-state index in [1.54, 1.807) is 16.9 Å². The molecule has 2 heterocycles. The molecular weight excluding hydrogens is 277 g/mol. The number of pyridine rings is 1. The normalized spacial score (nSPS) is 11.6. The SMILES string of the molecule is CC(C)(C)c1ccncc1-c1ccn(-c2cccc(F)c2)n1.